The molecular weight excluding hydrogens is 318 g/mol. The molecule has 0 saturated carbocycles. The number of phenolic OH excluding ortho intramolecular Hbond substituents is 1. The first-order chi connectivity index (χ1) is 10.8. The fourth-order valence-electron chi connectivity index (χ4n) is 2.78. The molecule has 0 unspecified atom stereocenters. The first-order valence-electron chi connectivity index (χ1n) is 6.99. The highest BCUT2D eigenvalue weighted by Gasteiger charge is 2.49. The quantitative estimate of drug-likeness (QED) is 0.755. The molecule has 23 heavy (non-hydrogen) atoms. The molecule has 3 N–H and O–H groups in total. The minimum absolute atomic E-state index is 0.0472. The number of ketones is 1. The molecule has 3 rings (SSSR count). The van der Waals surface area contributed by atoms with E-state index in [0.717, 1.165) is 5.56 Å². The molecule has 5 nitrogen and oxygen atoms in total. The van der Waals surface area contributed by atoms with Crippen molar-refractivity contribution in [3.8, 4) is 5.75 Å². The second-order valence-corrected chi connectivity index (χ2v) is 5.95. The Bertz CT molecular complexity index is 833. The Morgan fingerprint density at radius 2 is 1.96 bits per heavy atom. The van der Waals surface area contributed by atoms with Gasteiger partial charge in [0.2, 0.25) is 0 Å². The Hall–Kier alpha value is -2.37. The molecule has 0 bridgehead atoms. The highest BCUT2D eigenvalue weighted by Crippen LogP contribution is 2.45. The van der Waals surface area contributed by atoms with Crippen molar-refractivity contribution in [1.82, 2.24) is 0 Å². The number of benzene rings is 2. The second-order valence-electron chi connectivity index (χ2n) is 5.55. The number of carbonyl (C=O) groups excluding carboxylic acids is 2. The van der Waals surface area contributed by atoms with Gasteiger partial charge in [0.1, 0.15) is 5.75 Å². The molecule has 2 aromatic rings. The van der Waals surface area contributed by atoms with Crippen molar-refractivity contribution in [3.05, 3.63) is 58.1 Å². The number of para-hydroxylation sites is 1. The Morgan fingerprint density at radius 1 is 1.26 bits per heavy atom. The fourth-order valence-corrected chi connectivity index (χ4v) is 3.10. The monoisotopic (exact) mass is 331 g/mol. The minimum atomic E-state index is -2.06. The average Bonchev–Trinajstić information content (AvgIpc) is 2.76. The molecule has 118 valence electrons. The van der Waals surface area contributed by atoms with Crippen LogP contribution in [0.15, 0.2) is 36.4 Å². The maximum absolute atomic E-state index is 12.4. The summed E-state index contributed by atoms with van der Waals surface area (Å²) in [5.74, 6) is -1.45. The van der Waals surface area contributed by atoms with Crippen LogP contribution in [0.1, 0.15) is 27.9 Å². The third-order valence-electron chi connectivity index (χ3n) is 4.01. The molecule has 1 heterocycles. The molecule has 0 aliphatic carbocycles. The van der Waals surface area contributed by atoms with Crippen LogP contribution in [0.3, 0.4) is 0 Å². The van der Waals surface area contributed by atoms with Gasteiger partial charge in [0, 0.05) is 10.6 Å². The van der Waals surface area contributed by atoms with E-state index in [0.29, 0.717) is 5.69 Å². The highest BCUT2D eigenvalue weighted by atomic mass is 35.5. The van der Waals surface area contributed by atoms with Crippen LogP contribution in [0.25, 0.3) is 0 Å². The van der Waals surface area contributed by atoms with Gasteiger partial charge in [-0.2, -0.15) is 0 Å². The Labute approximate surface area is 137 Å². The maximum Gasteiger partial charge on any atom is 0.261 e. The number of nitrogens with one attached hydrogen (secondary N) is 1. The number of halogens is 1. The van der Waals surface area contributed by atoms with Crippen molar-refractivity contribution in [2.75, 3.05) is 5.32 Å². The van der Waals surface area contributed by atoms with E-state index in [1.165, 1.54) is 12.1 Å². The Kier molecular flexibility index (Phi) is 3.62. The maximum atomic E-state index is 12.4. The predicted molar refractivity (Wildman–Crippen MR) is 85.8 cm³/mol. The van der Waals surface area contributed by atoms with Crippen molar-refractivity contribution in [1.29, 1.82) is 0 Å². The number of fused-ring (bicyclic) bond motifs is 1. The number of carbonyl (C=O) groups is 2. The van der Waals surface area contributed by atoms with E-state index in [2.05, 4.69) is 5.32 Å². The molecule has 2 aromatic carbocycles. The summed E-state index contributed by atoms with van der Waals surface area (Å²) in [5.41, 5.74) is -0.643. The number of Topliss-reactive ketones (excluding diaryl/α,β-unsaturated/α-hetero) is 1. The number of hydrogen-bond acceptors (Lipinski definition) is 4. The Balaban J connectivity index is 2.04. The number of aromatic hydroxyl groups is 1. The first-order valence-corrected chi connectivity index (χ1v) is 7.37. The van der Waals surface area contributed by atoms with Crippen LogP contribution in [-0.2, 0) is 10.4 Å². The molecule has 0 saturated heterocycles. The number of rotatable bonds is 3. The number of amides is 1. The van der Waals surface area contributed by atoms with Gasteiger partial charge in [-0.15, -0.1) is 0 Å². The summed E-state index contributed by atoms with van der Waals surface area (Å²) < 4.78 is 0. The van der Waals surface area contributed by atoms with Gasteiger partial charge >= 0.3 is 0 Å². The van der Waals surface area contributed by atoms with Crippen LogP contribution >= 0.6 is 11.6 Å². The van der Waals surface area contributed by atoms with Gasteiger partial charge in [-0.05, 0) is 30.7 Å². The fraction of sp³-hybridized carbons (Fsp3) is 0.176. The molecule has 1 amide bonds. The van der Waals surface area contributed by atoms with Crippen molar-refractivity contribution < 1.29 is 19.8 Å². The second kappa shape index (κ2) is 5.37. The number of phenols is 1. The zero-order valence-corrected chi connectivity index (χ0v) is 13.0. The van der Waals surface area contributed by atoms with E-state index in [4.69, 9.17) is 11.6 Å². The average molecular weight is 332 g/mol. The number of aryl methyl sites for hydroxylation is 1. The molecule has 1 atom stereocenters. The van der Waals surface area contributed by atoms with Gasteiger partial charge in [-0.1, -0.05) is 29.8 Å². The molecule has 0 fully saturated rings. The van der Waals surface area contributed by atoms with E-state index in [1.54, 1.807) is 31.2 Å². The third kappa shape index (κ3) is 2.38. The summed E-state index contributed by atoms with van der Waals surface area (Å²) in [5, 5.41) is 23.4. The lowest BCUT2D eigenvalue weighted by Crippen LogP contribution is -2.36. The minimum Gasteiger partial charge on any atom is -0.507 e. The van der Waals surface area contributed by atoms with Crippen molar-refractivity contribution in [3.63, 3.8) is 0 Å². The smallest absolute Gasteiger partial charge is 0.261 e. The van der Waals surface area contributed by atoms with E-state index < -0.39 is 23.7 Å². The van der Waals surface area contributed by atoms with Gasteiger partial charge in [0.05, 0.1) is 17.7 Å². The lowest BCUT2D eigenvalue weighted by Gasteiger charge is -2.21. The lowest BCUT2D eigenvalue weighted by atomic mass is 9.87. The van der Waals surface area contributed by atoms with Gasteiger partial charge in [0.15, 0.2) is 11.4 Å². The van der Waals surface area contributed by atoms with Crippen LogP contribution in [0, 0.1) is 6.92 Å². The topological polar surface area (TPSA) is 86.6 Å². The van der Waals surface area contributed by atoms with Crippen molar-refractivity contribution >= 4 is 29.0 Å². The molecule has 0 radical (unpaired) electrons. The van der Waals surface area contributed by atoms with E-state index in [-0.39, 0.29) is 21.9 Å². The molecule has 0 aromatic heterocycles. The van der Waals surface area contributed by atoms with Crippen LogP contribution in [0.2, 0.25) is 5.02 Å². The highest BCUT2D eigenvalue weighted by molar-refractivity contribution is 6.33. The molecule has 1 aliphatic rings. The third-order valence-corrected chi connectivity index (χ3v) is 4.33. The number of hydrogen-bond donors (Lipinski definition) is 3. The summed E-state index contributed by atoms with van der Waals surface area (Å²) >= 11 is 6.14. The van der Waals surface area contributed by atoms with Crippen molar-refractivity contribution in [2.45, 2.75) is 18.9 Å². The van der Waals surface area contributed by atoms with Crippen molar-refractivity contribution in [2.24, 2.45) is 0 Å². The Morgan fingerprint density at radius 3 is 2.65 bits per heavy atom. The van der Waals surface area contributed by atoms with Gasteiger partial charge in [-0.25, -0.2) is 0 Å². The number of aliphatic hydroxyl groups is 1. The van der Waals surface area contributed by atoms with Crippen LogP contribution < -0.4 is 5.32 Å². The zero-order valence-electron chi connectivity index (χ0n) is 12.3. The molecule has 0 spiro atoms. The normalized spacial score (nSPS) is 19.3. The van der Waals surface area contributed by atoms with Gasteiger partial charge in [0.25, 0.3) is 5.91 Å². The largest absolute Gasteiger partial charge is 0.507 e. The first kappa shape index (κ1) is 15.5. The predicted octanol–water partition coefficient (Wildman–Crippen LogP) is 2.77. The summed E-state index contributed by atoms with van der Waals surface area (Å²) in [6.45, 7) is 1.77. The summed E-state index contributed by atoms with van der Waals surface area (Å²) in [6.07, 6.45) is -0.507. The van der Waals surface area contributed by atoms with Gasteiger partial charge < -0.3 is 15.5 Å². The van der Waals surface area contributed by atoms with Gasteiger partial charge in [-0.3, -0.25) is 9.59 Å². The number of anilines is 1. The van der Waals surface area contributed by atoms with E-state index in [9.17, 15) is 19.8 Å². The standard InChI is InChI=1S/C17H14ClNO4/c1-9-6-7-11(18)14-15(9)19-16(22)17(14,23)8-13(21)10-4-2-3-5-12(10)20/h2-7,20,23H,8H2,1H3,(H,19,22)/t17-/m0/s1. The summed E-state index contributed by atoms with van der Waals surface area (Å²) in [6, 6.07) is 9.28. The van der Waals surface area contributed by atoms with Crippen LogP contribution in [0.5, 0.6) is 5.75 Å². The van der Waals surface area contributed by atoms with Crippen LogP contribution in [0.4, 0.5) is 5.69 Å². The SMILES string of the molecule is Cc1ccc(Cl)c2c1NC(=O)[C@]2(O)CC(=O)c1ccccc1O. The van der Waals surface area contributed by atoms with E-state index >= 15 is 0 Å². The summed E-state index contributed by atoms with van der Waals surface area (Å²) in [7, 11) is 0. The molecule has 1 aliphatic heterocycles. The zero-order chi connectivity index (χ0) is 16.8. The van der Waals surface area contributed by atoms with Crippen LogP contribution in [-0.4, -0.2) is 21.9 Å². The lowest BCUT2D eigenvalue weighted by molar-refractivity contribution is -0.133. The summed E-state index contributed by atoms with van der Waals surface area (Å²) in [4.78, 5) is 24.7. The van der Waals surface area contributed by atoms with E-state index in [1.807, 2.05) is 0 Å². The molecular formula is C17H14ClNO4. The molecule has 6 heteroatoms.